The Labute approximate surface area is 147 Å². The van der Waals surface area contributed by atoms with Crippen LogP contribution in [0.15, 0.2) is 72.9 Å². The molecule has 0 radical (unpaired) electrons. The van der Waals surface area contributed by atoms with Crippen LogP contribution in [0.5, 0.6) is 0 Å². The third-order valence-electron chi connectivity index (χ3n) is 2.86. The standard InChI is InChI=1S/C20H30NOS/c1-2-3-4-5-6-7-8-9-10-11-12-13-14-15-16-17-18-19-20-21(22)23/h3-4,6-7,9-10,12-13,15-16,18-19H,2,5,8,11,14,17,20H2,1H3,(H,22,23)/q+1. The molecule has 0 saturated heterocycles. The van der Waals surface area contributed by atoms with Gasteiger partial charge in [0.2, 0.25) is 6.54 Å². The summed E-state index contributed by atoms with van der Waals surface area (Å²) in [5, 5.41) is 0. The molecule has 2 nitrogen and oxygen atoms in total. The summed E-state index contributed by atoms with van der Waals surface area (Å²) in [5.74, 6) is 0. The Balaban J connectivity index is 3.52. The highest BCUT2D eigenvalue weighted by atomic mass is 32.1. The fourth-order valence-electron chi connectivity index (χ4n) is 1.69. The second-order valence-corrected chi connectivity index (χ2v) is 5.40. The molecule has 0 bridgehead atoms. The molecule has 0 aromatic rings. The number of hydrogen-bond donors (Lipinski definition) is 1. The van der Waals surface area contributed by atoms with Gasteiger partial charge in [-0.1, -0.05) is 73.8 Å². The third kappa shape index (κ3) is 20.4. The van der Waals surface area contributed by atoms with Gasteiger partial charge in [-0.3, -0.25) is 0 Å². The van der Waals surface area contributed by atoms with Crippen molar-refractivity contribution in [1.82, 2.24) is 0 Å². The lowest BCUT2D eigenvalue weighted by Crippen LogP contribution is -1.90. The van der Waals surface area contributed by atoms with Crippen LogP contribution in [0, 0.1) is 4.91 Å². The van der Waals surface area contributed by atoms with Crippen molar-refractivity contribution in [3.05, 3.63) is 77.8 Å². The first-order valence-corrected chi connectivity index (χ1v) is 8.70. The van der Waals surface area contributed by atoms with Crippen molar-refractivity contribution in [3.63, 3.8) is 0 Å². The number of thiol groups is 1. The first-order valence-electron chi connectivity index (χ1n) is 8.30. The van der Waals surface area contributed by atoms with Crippen molar-refractivity contribution in [3.8, 4) is 0 Å². The molecule has 0 heterocycles. The number of nitroso groups, excluding NO2 is 1. The molecule has 23 heavy (non-hydrogen) atoms. The van der Waals surface area contributed by atoms with E-state index in [0.717, 1.165) is 38.5 Å². The molecule has 0 atom stereocenters. The highest BCUT2D eigenvalue weighted by Crippen LogP contribution is 1.96. The van der Waals surface area contributed by atoms with Crippen LogP contribution >= 0.6 is 12.8 Å². The van der Waals surface area contributed by atoms with E-state index in [1.54, 1.807) is 0 Å². The summed E-state index contributed by atoms with van der Waals surface area (Å²) in [6.45, 7) is 2.48. The van der Waals surface area contributed by atoms with Crippen LogP contribution in [-0.2, 0) is 0 Å². The minimum Gasteiger partial charge on any atom is -0.0885 e. The second-order valence-electron chi connectivity index (χ2n) is 4.95. The fraction of sp³-hybridized carbons (Fsp3) is 0.400. The zero-order valence-corrected chi connectivity index (χ0v) is 15.1. The predicted octanol–water partition coefficient (Wildman–Crippen LogP) is 6.31. The van der Waals surface area contributed by atoms with Gasteiger partial charge in [-0.05, 0) is 44.6 Å². The maximum atomic E-state index is 10.5. The molecule has 0 amide bonds. The molecule has 0 aliphatic rings. The first kappa shape index (κ1) is 21.4. The minimum absolute atomic E-state index is 0.327. The molecule has 0 aliphatic heterocycles. The SMILES string of the molecule is CCC=CCC=CCC=CCC=CCC=CCC=CC[N+](=O)S. The summed E-state index contributed by atoms with van der Waals surface area (Å²) in [6, 6.07) is 0. The van der Waals surface area contributed by atoms with E-state index in [1.165, 1.54) is 0 Å². The molecule has 0 unspecified atom stereocenters. The average Bonchev–Trinajstić information content (AvgIpc) is 2.53. The number of rotatable bonds is 13. The Hall–Kier alpha value is -1.61. The Morgan fingerprint density at radius 3 is 1.22 bits per heavy atom. The maximum absolute atomic E-state index is 10.5. The van der Waals surface area contributed by atoms with Gasteiger partial charge >= 0.3 is 0 Å². The second kappa shape index (κ2) is 18.4. The normalized spacial score (nSPS) is 13.1. The minimum atomic E-state index is 0.327. The molecule has 126 valence electrons. The van der Waals surface area contributed by atoms with Gasteiger partial charge in [-0.25, -0.2) is 0 Å². The van der Waals surface area contributed by atoms with Gasteiger partial charge in [0.25, 0.3) is 0 Å². The Bertz CT molecular complexity index is 456. The zero-order chi connectivity index (χ0) is 17.0. The van der Waals surface area contributed by atoms with Gasteiger partial charge < -0.3 is 0 Å². The van der Waals surface area contributed by atoms with E-state index in [9.17, 15) is 4.91 Å². The van der Waals surface area contributed by atoms with Gasteiger partial charge in [-0.2, -0.15) is 0 Å². The summed E-state index contributed by atoms with van der Waals surface area (Å²) in [5.41, 5.74) is 0. The molecule has 0 aromatic heterocycles. The van der Waals surface area contributed by atoms with Crippen LogP contribution in [-0.4, -0.2) is 10.7 Å². The van der Waals surface area contributed by atoms with E-state index >= 15 is 0 Å². The van der Waals surface area contributed by atoms with Crippen LogP contribution in [0.25, 0.3) is 0 Å². The molecule has 3 heteroatoms. The first-order chi connectivity index (χ1) is 11.3. The molecule has 0 fully saturated rings. The van der Waals surface area contributed by atoms with Gasteiger partial charge in [0.05, 0.1) is 4.17 Å². The van der Waals surface area contributed by atoms with Crippen LogP contribution in [0.2, 0.25) is 0 Å². The number of hydrogen-bond acceptors (Lipinski definition) is 1. The number of allylic oxidation sites excluding steroid dienone is 11. The summed E-state index contributed by atoms with van der Waals surface area (Å²) >= 11 is 3.62. The molecule has 0 rings (SSSR count). The topological polar surface area (TPSA) is 20.1 Å². The molecular weight excluding hydrogens is 302 g/mol. The summed E-state index contributed by atoms with van der Waals surface area (Å²) in [4.78, 5) is 10.5. The highest BCUT2D eigenvalue weighted by molar-refractivity contribution is 7.73. The van der Waals surface area contributed by atoms with E-state index in [2.05, 4.69) is 80.5 Å². The Morgan fingerprint density at radius 2 is 0.913 bits per heavy atom. The smallest absolute Gasteiger partial charge is 0.0885 e. The van der Waals surface area contributed by atoms with Crippen LogP contribution in [0.4, 0.5) is 0 Å². The van der Waals surface area contributed by atoms with Crippen molar-refractivity contribution in [2.75, 3.05) is 6.54 Å². The number of nitrogens with zero attached hydrogens (tertiary/aromatic N) is 1. The predicted molar refractivity (Wildman–Crippen MR) is 106 cm³/mol. The monoisotopic (exact) mass is 332 g/mol. The fourth-order valence-corrected chi connectivity index (χ4v) is 1.78. The van der Waals surface area contributed by atoms with E-state index in [1.807, 2.05) is 12.2 Å². The molecule has 0 spiro atoms. The van der Waals surface area contributed by atoms with Gasteiger partial charge in [-0.15, -0.1) is 0 Å². The van der Waals surface area contributed by atoms with Crippen molar-refractivity contribution in [2.24, 2.45) is 0 Å². The Morgan fingerprint density at radius 1 is 0.609 bits per heavy atom. The molecular formula is C20H30NOS+. The zero-order valence-electron chi connectivity index (χ0n) is 14.2. The summed E-state index contributed by atoms with van der Waals surface area (Å²) < 4.78 is 0.607. The lowest BCUT2D eigenvalue weighted by atomic mass is 10.2. The van der Waals surface area contributed by atoms with Gasteiger partial charge in [0.1, 0.15) is 0 Å². The summed E-state index contributed by atoms with van der Waals surface area (Å²) in [6.07, 6.45) is 31.5. The molecule has 0 aliphatic carbocycles. The van der Waals surface area contributed by atoms with E-state index in [-0.39, 0.29) is 0 Å². The third-order valence-corrected chi connectivity index (χ3v) is 3.02. The molecule has 0 N–H and O–H groups in total. The van der Waals surface area contributed by atoms with E-state index in [0.29, 0.717) is 10.7 Å². The molecule has 0 aromatic carbocycles. The van der Waals surface area contributed by atoms with Crippen molar-refractivity contribution in [1.29, 1.82) is 0 Å². The van der Waals surface area contributed by atoms with Crippen molar-refractivity contribution < 1.29 is 4.17 Å². The van der Waals surface area contributed by atoms with Crippen LogP contribution in [0.1, 0.15) is 45.4 Å². The van der Waals surface area contributed by atoms with Gasteiger partial charge in [0.15, 0.2) is 12.8 Å². The van der Waals surface area contributed by atoms with Crippen LogP contribution in [0.3, 0.4) is 0 Å². The lowest BCUT2D eigenvalue weighted by Gasteiger charge is -1.85. The van der Waals surface area contributed by atoms with E-state index < -0.39 is 0 Å². The van der Waals surface area contributed by atoms with E-state index in [4.69, 9.17) is 0 Å². The Kier molecular flexibility index (Phi) is 17.1. The molecule has 0 saturated carbocycles. The highest BCUT2D eigenvalue weighted by Gasteiger charge is 1.91. The summed E-state index contributed by atoms with van der Waals surface area (Å²) in [7, 11) is 0. The van der Waals surface area contributed by atoms with Crippen molar-refractivity contribution >= 4 is 12.8 Å². The lowest BCUT2D eigenvalue weighted by molar-refractivity contribution is -0.352. The quantitative estimate of drug-likeness (QED) is 0.238. The van der Waals surface area contributed by atoms with Gasteiger partial charge in [0, 0.05) is 4.91 Å². The largest absolute Gasteiger partial charge is 0.225 e. The van der Waals surface area contributed by atoms with Crippen LogP contribution < -0.4 is 0 Å². The average molecular weight is 333 g/mol. The maximum Gasteiger partial charge on any atom is 0.225 e. The van der Waals surface area contributed by atoms with Crippen molar-refractivity contribution in [2.45, 2.75) is 45.4 Å².